The van der Waals surface area contributed by atoms with Crippen molar-refractivity contribution in [1.29, 1.82) is 0 Å². The number of ether oxygens (including phenoxy) is 1. The topological polar surface area (TPSA) is 29.5 Å². The van der Waals surface area contributed by atoms with E-state index in [-0.39, 0.29) is 18.3 Å². The van der Waals surface area contributed by atoms with Gasteiger partial charge in [0.15, 0.2) is 0 Å². The third kappa shape index (κ3) is 4.81. The summed E-state index contributed by atoms with van der Waals surface area (Å²) in [6, 6.07) is 8.34. The highest BCUT2D eigenvalue weighted by Crippen LogP contribution is 2.25. The van der Waals surface area contributed by atoms with Crippen molar-refractivity contribution in [3.63, 3.8) is 0 Å². The fraction of sp³-hybridized carbons (Fsp3) is 0.588. The van der Waals surface area contributed by atoms with Crippen LogP contribution in [0.5, 0.6) is 0 Å². The molecule has 0 aromatic heterocycles. The van der Waals surface area contributed by atoms with Gasteiger partial charge < -0.3 is 4.74 Å². The van der Waals surface area contributed by atoms with Crippen LogP contribution in [0.25, 0.3) is 0 Å². The van der Waals surface area contributed by atoms with Crippen LogP contribution in [-0.4, -0.2) is 36.7 Å². The average Bonchev–Trinajstić information content (AvgIpc) is 2.45. The Morgan fingerprint density at radius 1 is 1.38 bits per heavy atom. The number of carbonyl (C=O) groups is 1. The first-order valence-corrected chi connectivity index (χ1v) is 7.66. The molecule has 1 aromatic carbocycles. The van der Waals surface area contributed by atoms with E-state index in [1.54, 1.807) is 6.92 Å². The Labute approximate surface area is 126 Å². The predicted octanol–water partition coefficient (Wildman–Crippen LogP) is 3.11. The first kappa shape index (κ1) is 16.0. The van der Waals surface area contributed by atoms with E-state index in [1.807, 2.05) is 0 Å². The number of alkyl halides is 1. The van der Waals surface area contributed by atoms with Crippen LogP contribution in [0, 0.1) is 12.8 Å². The summed E-state index contributed by atoms with van der Waals surface area (Å²) < 4.78 is 19.1. The van der Waals surface area contributed by atoms with Crippen molar-refractivity contribution >= 4 is 5.97 Å². The van der Waals surface area contributed by atoms with Crippen LogP contribution in [0.4, 0.5) is 4.39 Å². The molecule has 0 spiro atoms. The summed E-state index contributed by atoms with van der Waals surface area (Å²) in [7, 11) is 0. The molecule has 3 nitrogen and oxygen atoms in total. The number of hydrogen-bond acceptors (Lipinski definition) is 3. The minimum absolute atomic E-state index is 0.196. The molecule has 116 valence electrons. The molecule has 0 amide bonds. The number of piperidine rings is 1. The van der Waals surface area contributed by atoms with Crippen LogP contribution in [0.1, 0.15) is 30.9 Å². The molecular formula is C17H24FNO2. The Morgan fingerprint density at radius 3 is 2.71 bits per heavy atom. The van der Waals surface area contributed by atoms with E-state index in [0.29, 0.717) is 19.6 Å². The van der Waals surface area contributed by atoms with Gasteiger partial charge in [0.25, 0.3) is 0 Å². The quantitative estimate of drug-likeness (QED) is 0.781. The third-order valence-corrected chi connectivity index (χ3v) is 4.02. The van der Waals surface area contributed by atoms with Gasteiger partial charge in [0.05, 0.1) is 13.0 Å². The van der Waals surface area contributed by atoms with E-state index >= 15 is 0 Å². The van der Waals surface area contributed by atoms with Crippen LogP contribution < -0.4 is 0 Å². The standard InChI is InChI=1S/C17H24FNO2/c1-3-21-17(20)10-15-8-9-19(12-16(15)18)11-14-6-4-13(2)5-7-14/h4-7,15-16H,3,8-12H2,1-2H3/t15-,16+/m0/s1. The van der Waals surface area contributed by atoms with Gasteiger partial charge in [0.1, 0.15) is 6.17 Å². The van der Waals surface area contributed by atoms with Gasteiger partial charge in [0.2, 0.25) is 0 Å². The summed E-state index contributed by atoms with van der Waals surface area (Å²) in [5.74, 6) is -0.476. The van der Waals surface area contributed by atoms with Crippen LogP contribution in [-0.2, 0) is 16.1 Å². The molecule has 2 rings (SSSR count). The minimum atomic E-state index is -0.950. The zero-order valence-corrected chi connectivity index (χ0v) is 12.8. The first-order valence-electron chi connectivity index (χ1n) is 7.66. The molecule has 0 N–H and O–H groups in total. The second kappa shape index (κ2) is 7.55. The van der Waals surface area contributed by atoms with Gasteiger partial charge in [-0.15, -0.1) is 0 Å². The molecule has 4 heteroatoms. The highest BCUT2D eigenvalue weighted by molar-refractivity contribution is 5.69. The maximum atomic E-state index is 14.2. The SMILES string of the molecule is CCOC(=O)C[C@@H]1CCN(Cc2ccc(C)cc2)C[C@H]1F. The summed E-state index contributed by atoms with van der Waals surface area (Å²) in [5.41, 5.74) is 2.44. The molecule has 1 aliphatic heterocycles. The number of rotatable bonds is 5. The van der Waals surface area contributed by atoms with E-state index in [1.165, 1.54) is 11.1 Å². The van der Waals surface area contributed by atoms with E-state index < -0.39 is 6.17 Å². The second-order valence-electron chi connectivity index (χ2n) is 5.79. The molecule has 2 atom stereocenters. The van der Waals surface area contributed by atoms with Gasteiger partial charge in [-0.3, -0.25) is 9.69 Å². The van der Waals surface area contributed by atoms with Crippen molar-refractivity contribution in [1.82, 2.24) is 4.90 Å². The van der Waals surface area contributed by atoms with Crippen molar-refractivity contribution in [2.24, 2.45) is 5.92 Å². The van der Waals surface area contributed by atoms with Crippen LogP contribution in [0.3, 0.4) is 0 Å². The molecule has 1 aliphatic rings. The van der Waals surface area contributed by atoms with Crippen molar-refractivity contribution < 1.29 is 13.9 Å². The van der Waals surface area contributed by atoms with E-state index in [0.717, 1.165) is 13.1 Å². The Kier molecular flexibility index (Phi) is 5.74. The summed E-state index contributed by atoms with van der Waals surface area (Å²) in [5, 5.41) is 0. The van der Waals surface area contributed by atoms with Gasteiger partial charge in [-0.05, 0) is 32.4 Å². The molecule has 0 saturated carbocycles. The number of esters is 1. The molecular weight excluding hydrogens is 269 g/mol. The number of halogens is 1. The predicted molar refractivity (Wildman–Crippen MR) is 80.7 cm³/mol. The zero-order valence-electron chi connectivity index (χ0n) is 12.8. The Balaban J connectivity index is 1.82. The third-order valence-electron chi connectivity index (χ3n) is 4.02. The van der Waals surface area contributed by atoms with Crippen molar-refractivity contribution in [2.45, 2.75) is 39.4 Å². The summed E-state index contributed by atoms with van der Waals surface area (Å²) >= 11 is 0. The highest BCUT2D eigenvalue weighted by Gasteiger charge is 2.31. The molecule has 1 fully saturated rings. The Bertz CT molecular complexity index is 460. The maximum Gasteiger partial charge on any atom is 0.306 e. The second-order valence-corrected chi connectivity index (χ2v) is 5.79. The number of hydrogen-bond donors (Lipinski definition) is 0. The normalized spacial score (nSPS) is 23.0. The summed E-state index contributed by atoms with van der Waals surface area (Å²) in [4.78, 5) is 13.6. The van der Waals surface area contributed by atoms with Crippen LogP contribution in [0.15, 0.2) is 24.3 Å². The summed E-state index contributed by atoms with van der Waals surface area (Å²) in [6.45, 7) is 6.20. The number of benzene rings is 1. The van der Waals surface area contributed by atoms with Gasteiger partial charge >= 0.3 is 5.97 Å². The molecule has 21 heavy (non-hydrogen) atoms. The molecule has 0 radical (unpaired) electrons. The van der Waals surface area contributed by atoms with Crippen molar-refractivity contribution in [2.75, 3.05) is 19.7 Å². The Morgan fingerprint density at radius 2 is 2.10 bits per heavy atom. The van der Waals surface area contributed by atoms with Crippen molar-refractivity contribution in [3.05, 3.63) is 35.4 Å². The lowest BCUT2D eigenvalue weighted by atomic mass is 9.91. The van der Waals surface area contributed by atoms with Crippen LogP contribution >= 0.6 is 0 Å². The fourth-order valence-corrected chi connectivity index (χ4v) is 2.78. The largest absolute Gasteiger partial charge is 0.466 e. The molecule has 0 aliphatic carbocycles. The smallest absolute Gasteiger partial charge is 0.306 e. The van der Waals surface area contributed by atoms with Crippen molar-refractivity contribution in [3.8, 4) is 0 Å². The van der Waals surface area contributed by atoms with Crippen LogP contribution in [0.2, 0.25) is 0 Å². The lowest BCUT2D eigenvalue weighted by molar-refractivity contribution is -0.145. The van der Waals surface area contributed by atoms with Gasteiger partial charge in [-0.25, -0.2) is 4.39 Å². The molecule has 1 heterocycles. The van der Waals surface area contributed by atoms with E-state index in [9.17, 15) is 9.18 Å². The Hall–Kier alpha value is -1.42. The average molecular weight is 293 g/mol. The minimum Gasteiger partial charge on any atom is -0.466 e. The van der Waals surface area contributed by atoms with E-state index in [2.05, 4.69) is 36.1 Å². The highest BCUT2D eigenvalue weighted by atomic mass is 19.1. The monoisotopic (exact) mass is 293 g/mol. The number of likely N-dealkylation sites (tertiary alicyclic amines) is 1. The maximum absolute atomic E-state index is 14.2. The lowest BCUT2D eigenvalue weighted by Crippen LogP contribution is -2.42. The molecule has 0 bridgehead atoms. The number of aryl methyl sites for hydroxylation is 1. The number of nitrogens with zero attached hydrogens (tertiary/aromatic N) is 1. The van der Waals surface area contributed by atoms with Gasteiger partial charge in [0, 0.05) is 19.0 Å². The fourth-order valence-electron chi connectivity index (χ4n) is 2.78. The van der Waals surface area contributed by atoms with Gasteiger partial charge in [-0.1, -0.05) is 29.8 Å². The molecule has 1 saturated heterocycles. The first-order chi connectivity index (χ1) is 10.1. The van der Waals surface area contributed by atoms with Gasteiger partial charge in [-0.2, -0.15) is 0 Å². The lowest BCUT2D eigenvalue weighted by Gasteiger charge is -2.34. The van der Waals surface area contributed by atoms with E-state index in [4.69, 9.17) is 4.74 Å². The molecule has 0 unspecified atom stereocenters. The number of carbonyl (C=O) groups excluding carboxylic acids is 1. The molecule has 1 aromatic rings. The summed E-state index contributed by atoms with van der Waals surface area (Å²) in [6.07, 6.45) is -0.0345. The zero-order chi connectivity index (χ0) is 15.2.